The van der Waals surface area contributed by atoms with Crippen molar-refractivity contribution in [3.63, 3.8) is 0 Å². The van der Waals surface area contributed by atoms with Crippen LogP contribution in [-0.2, 0) is 23.1 Å². The molecule has 2 unspecified atom stereocenters. The minimum absolute atomic E-state index is 0.0155. The lowest BCUT2D eigenvalue weighted by Crippen LogP contribution is -2.30. The molecule has 2 bridgehead atoms. The Hall–Kier alpha value is -3.15. The Balaban J connectivity index is 1.18. The highest BCUT2D eigenvalue weighted by atomic mass is 32.7. The lowest BCUT2D eigenvalue weighted by molar-refractivity contribution is -0.0437. The van der Waals surface area contributed by atoms with Gasteiger partial charge < -0.3 is 20.9 Å². The van der Waals surface area contributed by atoms with Crippen molar-refractivity contribution in [3.8, 4) is 0 Å². The number of aromatic nitrogens is 8. The second-order valence-electron chi connectivity index (χ2n) is 9.92. The standard InChI is InChI=1S/C21H24FN10O6PS/c22-13-10-2-1-8-3-11(9-4-25-18-16(23)26-6-28-32(9)18)36-12(8)5-35-39(34,40)38-15(13)20(37-10)31-7-27-14-17(31)29-21(24)30-19(14)33/h4,6-8,10-13,15,20H,1-3,5H2,(H,34,40)(H2,23,26,28)(H3,24,29,30,33)/t8-,10?,11+,12+,13+,15+,20+,39?/m0/s1. The highest BCUT2D eigenvalue weighted by Gasteiger charge is 2.51. The Kier molecular flexibility index (Phi) is 6.10. The van der Waals surface area contributed by atoms with E-state index in [1.54, 1.807) is 10.7 Å². The van der Waals surface area contributed by atoms with Crippen molar-refractivity contribution >= 4 is 47.6 Å². The summed E-state index contributed by atoms with van der Waals surface area (Å²) in [5.74, 6) is -0.0261. The SMILES string of the molecule is Nc1nc2c(ncn2[C@@H]2OC3CC[C@H]4C[C@H](c5cnc6c(N)ncnn56)O[C@@H]4COP(=O)(S)O[C@@H]2[C@@H]3F)c(=O)[nH]1. The predicted octanol–water partition coefficient (Wildman–Crippen LogP) is 1.34. The molecule has 3 saturated heterocycles. The number of thiol groups is 1. The lowest BCUT2D eigenvalue weighted by atomic mass is 9.91. The fourth-order valence-corrected chi connectivity index (χ4v) is 7.12. The number of nitrogens with one attached hydrogen (secondary N) is 1. The zero-order valence-corrected chi connectivity index (χ0v) is 22.4. The minimum atomic E-state index is -4.11. The van der Waals surface area contributed by atoms with Crippen LogP contribution < -0.4 is 17.0 Å². The number of nitrogens with two attached hydrogens (primary N) is 2. The second-order valence-corrected chi connectivity index (χ2v) is 12.8. The summed E-state index contributed by atoms with van der Waals surface area (Å²) in [7, 11) is 0. The van der Waals surface area contributed by atoms with E-state index in [4.69, 9.17) is 30.0 Å². The Morgan fingerprint density at radius 1 is 1.15 bits per heavy atom. The van der Waals surface area contributed by atoms with Crippen molar-refractivity contribution in [2.24, 2.45) is 5.92 Å². The number of hydrogen-bond donors (Lipinski definition) is 4. The molecule has 212 valence electrons. The van der Waals surface area contributed by atoms with E-state index >= 15 is 4.39 Å². The van der Waals surface area contributed by atoms with Gasteiger partial charge in [-0.1, -0.05) is 12.2 Å². The monoisotopic (exact) mass is 594 g/mol. The highest BCUT2D eigenvalue weighted by molar-refractivity contribution is 8.44. The van der Waals surface area contributed by atoms with Crippen molar-refractivity contribution in [1.29, 1.82) is 0 Å². The number of ether oxygens (including phenoxy) is 2. The number of nitrogens with zero attached hydrogens (tertiary/aromatic N) is 7. The smallest absolute Gasteiger partial charge is 0.381 e. The quantitative estimate of drug-likeness (QED) is 0.191. The highest BCUT2D eigenvalue weighted by Crippen LogP contribution is 2.58. The van der Waals surface area contributed by atoms with Crippen molar-refractivity contribution < 1.29 is 27.5 Å². The summed E-state index contributed by atoms with van der Waals surface area (Å²) < 4.78 is 55.7. The third kappa shape index (κ3) is 4.26. The van der Waals surface area contributed by atoms with Gasteiger partial charge in [0.05, 0.1) is 37.0 Å². The summed E-state index contributed by atoms with van der Waals surface area (Å²) in [6, 6.07) is 0. The third-order valence-electron chi connectivity index (χ3n) is 7.54. The molecule has 0 radical (unpaired) electrons. The van der Waals surface area contributed by atoms with Gasteiger partial charge in [-0.25, -0.2) is 28.4 Å². The van der Waals surface area contributed by atoms with Gasteiger partial charge in [-0.05, 0) is 25.2 Å². The fraction of sp³-hybridized carbons (Fsp3) is 0.524. The van der Waals surface area contributed by atoms with Crippen LogP contribution in [0.5, 0.6) is 0 Å². The molecule has 3 fully saturated rings. The molecule has 0 aromatic carbocycles. The molecule has 3 aliphatic heterocycles. The van der Waals surface area contributed by atoms with Crippen LogP contribution in [0.25, 0.3) is 16.8 Å². The molecule has 5 N–H and O–H groups in total. The predicted molar refractivity (Wildman–Crippen MR) is 139 cm³/mol. The maximum atomic E-state index is 15.8. The first-order chi connectivity index (χ1) is 19.2. The maximum Gasteiger partial charge on any atom is 0.386 e. The summed E-state index contributed by atoms with van der Waals surface area (Å²) >= 11 is 4.11. The summed E-state index contributed by atoms with van der Waals surface area (Å²) in [6.07, 6.45) is -0.506. The molecule has 3 aliphatic rings. The summed E-state index contributed by atoms with van der Waals surface area (Å²) in [5.41, 5.74) is 12.2. The number of aromatic amines is 1. The molecule has 40 heavy (non-hydrogen) atoms. The molecular weight excluding hydrogens is 570 g/mol. The molecule has 0 aliphatic carbocycles. The number of fused-ring (bicyclic) bond motifs is 5. The van der Waals surface area contributed by atoms with Gasteiger partial charge in [0.25, 0.3) is 5.56 Å². The molecule has 7 heterocycles. The molecule has 0 spiro atoms. The van der Waals surface area contributed by atoms with Crippen LogP contribution in [0.2, 0.25) is 0 Å². The first-order valence-electron chi connectivity index (χ1n) is 12.5. The van der Waals surface area contributed by atoms with Gasteiger partial charge in [0.1, 0.15) is 18.5 Å². The Bertz CT molecular complexity index is 1720. The Labute approximate surface area is 229 Å². The normalized spacial score (nSPS) is 34.7. The van der Waals surface area contributed by atoms with Crippen molar-refractivity contribution in [2.75, 3.05) is 18.1 Å². The molecule has 4 aromatic rings. The Morgan fingerprint density at radius 3 is 2.85 bits per heavy atom. The van der Waals surface area contributed by atoms with Gasteiger partial charge in [0.2, 0.25) is 5.95 Å². The number of alkyl halides is 1. The van der Waals surface area contributed by atoms with Gasteiger partial charge in [-0.15, -0.1) is 0 Å². The number of anilines is 2. The molecule has 7 rings (SSSR count). The average molecular weight is 595 g/mol. The van der Waals surface area contributed by atoms with Crippen LogP contribution in [0.3, 0.4) is 0 Å². The maximum absolute atomic E-state index is 15.8. The zero-order valence-electron chi connectivity index (χ0n) is 20.6. The number of H-pyrrole nitrogens is 1. The van der Waals surface area contributed by atoms with Crippen molar-refractivity contribution in [1.82, 2.24) is 39.1 Å². The first kappa shape index (κ1) is 25.8. The van der Waals surface area contributed by atoms with E-state index in [-0.39, 0.29) is 35.5 Å². The number of hydrogen-bond acceptors (Lipinski definition) is 13. The number of imidazole rings is 2. The average Bonchev–Trinajstić information content (AvgIpc) is 3.67. The van der Waals surface area contributed by atoms with E-state index in [0.717, 1.165) is 0 Å². The zero-order chi connectivity index (χ0) is 27.8. The summed E-state index contributed by atoms with van der Waals surface area (Å²) in [4.78, 5) is 31.1. The first-order valence-corrected chi connectivity index (χ1v) is 15.2. The molecule has 8 atom stereocenters. The molecule has 19 heteroatoms. The van der Waals surface area contributed by atoms with Gasteiger partial charge in [-0.3, -0.25) is 23.4 Å². The minimum Gasteiger partial charge on any atom is -0.381 e. The van der Waals surface area contributed by atoms with Gasteiger partial charge in [0.15, 0.2) is 35.0 Å². The van der Waals surface area contributed by atoms with Crippen molar-refractivity contribution in [2.45, 2.75) is 56.1 Å². The number of halogens is 1. The molecular formula is C21H24FN10O6PS. The summed E-state index contributed by atoms with van der Waals surface area (Å²) in [5, 5.41) is 4.24. The van der Waals surface area contributed by atoms with Crippen LogP contribution in [0.1, 0.15) is 37.3 Å². The van der Waals surface area contributed by atoms with Gasteiger partial charge in [0, 0.05) is 0 Å². The van der Waals surface area contributed by atoms with E-state index in [1.165, 1.54) is 17.2 Å². The van der Waals surface area contributed by atoms with Crippen molar-refractivity contribution in [3.05, 3.63) is 34.9 Å². The molecule has 0 saturated carbocycles. The summed E-state index contributed by atoms with van der Waals surface area (Å²) in [6.45, 7) is -4.21. The topological polar surface area (TPSA) is 213 Å². The van der Waals surface area contributed by atoms with Gasteiger partial charge >= 0.3 is 6.80 Å². The van der Waals surface area contributed by atoms with Crippen LogP contribution in [0.15, 0.2) is 23.6 Å². The molecule has 16 nitrogen and oxygen atoms in total. The second kappa shape index (κ2) is 9.46. The van der Waals surface area contributed by atoms with Crippen LogP contribution in [0, 0.1) is 5.92 Å². The molecule has 4 aromatic heterocycles. The fourth-order valence-electron chi connectivity index (χ4n) is 5.67. The third-order valence-corrected chi connectivity index (χ3v) is 9.15. The van der Waals surface area contributed by atoms with E-state index in [1.807, 2.05) is 0 Å². The van der Waals surface area contributed by atoms with Gasteiger partial charge in [-0.2, -0.15) is 10.1 Å². The lowest BCUT2D eigenvalue weighted by Gasteiger charge is -2.25. The Morgan fingerprint density at radius 2 is 2.00 bits per heavy atom. The molecule has 0 amide bonds. The van der Waals surface area contributed by atoms with E-state index < -0.39 is 49.2 Å². The number of rotatable bonds is 2. The van der Waals surface area contributed by atoms with Crippen LogP contribution in [0.4, 0.5) is 16.2 Å². The van der Waals surface area contributed by atoms with E-state index in [9.17, 15) is 9.36 Å². The van der Waals surface area contributed by atoms with E-state index in [0.29, 0.717) is 30.6 Å². The van der Waals surface area contributed by atoms with E-state index in [2.05, 4.69) is 42.3 Å². The van der Waals surface area contributed by atoms with Crippen LogP contribution in [-0.4, -0.2) is 70.2 Å². The largest absolute Gasteiger partial charge is 0.386 e. The van der Waals surface area contributed by atoms with Crippen LogP contribution >= 0.6 is 19.0 Å². The number of nitrogen functional groups attached to an aromatic ring is 2.